The summed E-state index contributed by atoms with van der Waals surface area (Å²) in [5.74, 6) is 0.0537. The maximum atomic E-state index is 11.9. The molecule has 106 valence electrons. The average Bonchev–Trinajstić information content (AvgIpc) is 2.75. The molecule has 0 aliphatic carbocycles. The standard InChI is InChI=1S/C12H18ClN3O2S/c1-8(2)14-10(17)6-16(3)12(18)4-11-15-9(5-13)7-19-11/h7-8H,4-6H2,1-3H3,(H,14,17). The van der Waals surface area contributed by atoms with Crippen LogP contribution in [0, 0.1) is 0 Å². The van der Waals surface area contributed by atoms with Crippen molar-refractivity contribution in [2.75, 3.05) is 13.6 Å². The molecule has 1 aromatic rings. The zero-order valence-corrected chi connectivity index (χ0v) is 12.8. The number of hydrogen-bond acceptors (Lipinski definition) is 4. The van der Waals surface area contributed by atoms with Crippen LogP contribution in [-0.2, 0) is 21.9 Å². The molecule has 0 aromatic carbocycles. The van der Waals surface area contributed by atoms with Crippen molar-refractivity contribution in [2.45, 2.75) is 32.2 Å². The minimum Gasteiger partial charge on any atom is -0.352 e. The van der Waals surface area contributed by atoms with Crippen molar-refractivity contribution >= 4 is 34.8 Å². The van der Waals surface area contributed by atoms with Gasteiger partial charge in [0.2, 0.25) is 11.8 Å². The van der Waals surface area contributed by atoms with Gasteiger partial charge in [0.05, 0.1) is 24.5 Å². The smallest absolute Gasteiger partial charge is 0.239 e. The third kappa shape index (κ3) is 5.57. The zero-order valence-electron chi connectivity index (χ0n) is 11.3. The van der Waals surface area contributed by atoms with Crippen LogP contribution >= 0.6 is 22.9 Å². The van der Waals surface area contributed by atoms with E-state index in [4.69, 9.17) is 11.6 Å². The van der Waals surface area contributed by atoms with Gasteiger partial charge >= 0.3 is 0 Å². The quantitative estimate of drug-likeness (QED) is 0.808. The summed E-state index contributed by atoms with van der Waals surface area (Å²) in [6, 6.07) is 0.0706. The van der Waals surface area contributed by atoms with Gasteiger partial charge in [-0.25, -0.2) is 4.98 Å². The van der Waals surface area contributed by atoms with Crippen LogP contribution in [0.5, 0.6) is 0 Å². The van der Waals surface area contributed by atoms with Crippen LogP contribution in [-0.4, -0.2) is 41.3 Å². The van der Waals surface area contributed by atoms with Gasteiger partial charge in [0, 0.05) is 18.5 Å². The van der Waals surface area contributed by atoms with Gasteiger partial charge in [0.15, 0.2) is 0 Å². The maximum Gasteiger partial charge on any atom is 0.239 e. The van der Waals surface area contributed by atoms with Crippen molar-refractivity contribution in [3.05, 3.63) is 16.1 Å². The predicted octanol–water partition coefficient (Wildman–Crippen LogP) is 1.41. The molecule has 19 heavy (non-hydrogen) atoms. The Balaban J connectivity index is 2.46. The fraction of sp³-hybridized carbons (Fsp3) is 0.583. The summed E-state index contributed by atoms with van der Waals surface area (Å²) in [6.45, 7) is 3.82. The summed E-state index contributed by atoms with van der Waals surface area (Å²) in [5, 5.41) is 5.30. The van der Waals surface area contributed by atoms with Crippen molar-refractivity contribution in [1.82, 2.24) is 15.2 Å². The van der Waals surface area contributed by atoms with Crippen LogP contribution in [0.2, 0.25) is 0 Å². The van der Waals surface area contributed by atoms with E-state index in [1.807, 2.05) is 19.2 Å². The molecular weight excluding hydrogens is 286 g/mol. The Morgan fingerprint density at radius 3 is 2.74 bits per heavy atom. The molecule has 2 amide bonds. The highest BCUT2D eigenvalue weighted by Gasteiger charge is 2.15. The lowest BCUT2D eigenvalue weighted by Gasteiger charge is -2.17. The van der Waals surface area contributed by atoms with Crippen molar-refractivity contribution in [1.29, 1.82) is 0 Å². The van der Waals surface area contributed by atoms with Crippen LogP contribution in [0.4, 0.5) is 0 Å². The number of likely N-dealkylation sites (N-methyl/N-ethyl adjacent to an activating group) is 1. The summed E-state index contributed by atoms with van der Waals surface area (Å²) in [5.41, 5.74) is 0.773. The van der Waals surface area contributed by atoms with E-state index in [-0.39, 0.29) is 30.8 Å². The normalized spacial score (nSPS) is 10.6. The highest BCUT2D eigenvalue weighted by Crippen LogP contribution is 2.12. The lowest BCUT2D eigenvalue weighted by molar-refractivity contribution is -0.134. The third-order valence-corrected chi connectivity index (χ3v) is 3.47. The number of carbonyl (C=O) groups is 2. The van der Waals surface area contributed by atoms with Gasteiger partial charge in [-0.05, 0) is 13.8 Å². The van der Waals surface area contributed by atoms with E-state index < -0.39 is 0 Å². The first kappa shape index (κ1) is 15.9. The van der Waals surface area contributed by atoms with Gasteiger partial charge < -0.3 is 10.2 Å². The van der Waals surface area contributed by atoms with Gasteiger partial charge in [-0.15, -0.1) is 22.9 Å². The van der Waals surface area contributed by atoms with E-state index >= 15 is 0 Å². The molecule has 0 fully saturated rings. The molecular formula is C12H18ClN3O2S. The second kappa shape index (κ2) is 7.45. The number of nitrogens with one attached hydrogen (secondary N) is 1. The molecule has 0 saturated heterocycles. The lowest BCUT2D eigenvalue weighted by atomic mass is 10.3. The van der Waals surface area contributed by atoms with Crippen molar-refractivity contribution in [3.8, 4) is 0 Å². The number of nitrogens with zero attached hydrogens (tertiary/aromatic N) is 2. The highest BCUT2D eigenvalue weighted by atomic mass is 35.5. The van der Waals surface area contributed by atoms with Crippen LogP contribution in [0.1, 0.15) is 24.5 Å². The molecule has 0 bridgehead atoms. The van der Waals surface area contributed by atoms with E-state index in [1.54, 1.807) is 7.05 Å². The molecule has 0 spiro atoms. The molecule has 1 N–H and O–H groups in total. The largest absolute Gasteiger partial charge is 0.352 e. The molecule has 5 nitrogen and oxygen atoms in total. The Kier molecular flexibility index (Phi) is 6.24. The number of alkyl halides is 1. The molecule has 0 unspecified atom stereocenters. The van der Waals surface area contributed by atoms with Crippen LogP contribution in [0.3, 0.4) is 0 Å². The third-order valence-electron chi connectivity index (χ3n) is 2.29. The fourth-order valence-electron chi connectivity index (χ4n) is 1.43. The fourth-order valence-corrected chi connectivity index (χ4v) is 2.44. The minimum absolute atomic E-state index is 0.0603. The number of hydrogen-bond donors (Lipinski definition) is 1. The van der Waals surface area contributed by atoms with E-state index in [1.165, 1.54) is 16.2 Å². The summed E-state index contributed by atoms with van der Waals surface area (Å²) >= 11 is 7.06. The molecule has 0 radical (unpaired) electrons. The summed E-state index contributed by atoms with van der Waals surface area (Å²) < 4.78 is 0. The van der Waals surface area contributed by atoms with Gasteiger partial charge in [-0.1, -0.05) is 0 Å². The first-order chi connectivity index (χ1) is 8.92. The Bertz CT molecular complexity index is 448. The Morgan fingerprint density at radius 1 is 1.53 bits per heavy atom. The molecule has 1 aromatic heterocycles. The topological polar surface area (TPSA) is 62.3 Å². The minimum atomic E-state index is -0.161. The number of carbonyl (C=O) groups excluding carboxylic acids is 2. The maximum absolute atomic E-state index is 11.9. The van der Waals surface area contributed by atoms with Crippen molar-refractivity contribution in [2.24, 2.45) is 0 Å². The second-order valence-corrected chi connectivity index (χ2v) is 5.72. The predicted molar refractivity (Wildman–Crippen MR) is 76.3 cm³/mol. The zero-order chi connectivity index (χ0) is 14.4. The molecule has 0 aliphatic rings. The first-order valence-electron chi connectivity index (χ1n) is 5.95. The molecule has 7 heteroatoms. The molecule has 1 rings (SSSR count). The van der Waals surface area contributed by atoms with Crippen molar-refractivity contribution in [3.63, 3.8) is 0 Å². The molecule has 0 atom stereocenters. The Labute approximate surface area is 122 Å². The van der Waals surface area contributed by atoms with E-state index in [0.717, 1.165) is 10.7 Å². The van der Waals surface area contributed by atoms with Gasteiger partial charge in [0.1, 0.15) is 5.01 Å². The lowest BCUT2D eigenvalue weighted by Crippen LogP contribution is -2.41. The highest BCUT2D eigenvalue weighted by molar-refractivity contribution is 7.09. The van der Waals surface area contributed by atoms with E-state index in [9.17, 15) is 9.59 Å². The van der Waals surface area contributed by atoms with E-state index in [2.05, 4.69) is 10.3 Å². The SMILES string of the molecule is CC(C)NC(=O)CN(C)C(=O)Cc1nc(CCl)cs1. The molecule has 1 heterocycles. The summed E-state index contributed by atoms with van der Waals surface area (Å²) in [4.78, 5) is 29.1. The van der Waals surface area contributed by atoms with Crippen LogP contribution in [0.25, 0.3) is 0 Å². The van der Waals surface area contributed by atoms with Gasteiger partial charge in [-0.3, -0.25) is 9.59 Å². The number of halogens is 1. The molecule has 0 aliphatic heterocycles. The van der Waals surface area contributed by atoms with E-state index in [0.29, 0.717) is 5.88 Å². The van der Waals surface area contributed by atoms with Crippen molar-refractivity contribution < 1.29 is 9.59 Å². The van der Waals surface area contributed by atoms with Crippen LogP contribution in [0.15, 0.2) is 5.38 Å². The number of thiazole rings is 1. The van der Waals surface area contributed by atoms with Gasteiger partial charge in [-0.2, -0.15) is 0 Å². The second-order valence-electron chi connectivity index (χ2n) is 4.52. The monoisotopic (exact) mass is 303 g/mol. The molecule has 0 saturated carbocycles. The number of amides is 2. The first-order valence-corrected chi connectivity index (χ1v) is 7.36. The number of aromatic nitrogens is 1. The Hall–Kier alpha value is -1.14. The summed E-state index contributed by atoms with van der Waals surface area (Å²) in [7, 11) is 1.61. The van der Waals surface area contributed by atoms with Crippen LogP contribution < -0.4 is 5.32 Å². The average molecular weight is 304 g/mol. The number of rotatable bonds is 6. The Morgan fingerprint density at radius 2 is 2.21 bits per heavy atom. The summed E-state index contributed by atoms with van der Waals surface area (Å²) in [6.07, 6.45) is 0.201. The van der Waals surface area contributed by atoms with Gasteiger partial charge in [0.25, 0.3) is 0 Å².